The first-order valence-electron chi connectivity index (χ1n) is 6.87. The van der Waals surface area contributed by atoms with Crippen LogP contribution in [0, 0.1) is 17.0 Å². The van der Waals surface area contributed by atoms with Crippen molar-refractivity contribution in [3.05, 3.63) is 81.0 Å². The average Bonchev–Trinajstić information content (AvgIpc) is 2.88. The second-order valence-corrected chi connectivity index (χ2v) is 5.02. The molecule has 0 aromatic heterocycles. The number of nitro groups is 1. The number of nitrogens with zero attached hydrogens (tertiary/aromatic N) is 2. The van der Waals surface area contributed by atoms with Gasteiger partial charge in [0.2, 0.25) is 5.90 Å². The van der Waals surface area contributed by atoms with Gasteiger partial charge < -0.3 is 4.74 Å². The highest BCUT2D eigenvalue weighted by Gasteiger charge is 2.28. The van der Waals surface area contributed by atoms with Gasteiger partial charge in [0.05, 0.1) is 4.92 Å². The van der Waals surface area contributed by atoms with E-state index in [1.54, 1.807) is 18.2 Å². The Morgan fingerprint density at radius 1 is 1.17 bits per heavy atom. The van der Waals surface area contributed by atoms with Crippen LogP contribution in [0.5, 0.6) is 0 Å². The van der Waals surface area contributed by atoms with Crippen molar-refractivity contribution in [2.24, 2.45) is 4.99 Å². The molecule has 3 rings (SSSR count). The van der Waals surface area contributed by atoms with E-state index in [2.05, 4.69) is 4.99 Å². The Labute approximate surface area is 131 Å². The van der Waals surface area contributed by atoms with Gasteiger partial charge in [-0.1, -0.05) is 42.0 Å². The van der Waals surface area contributed by atoms with Gasteiger partial charge in [-0.15, -0.1) is 0 Å². The number of nitro benzene ring substituents is 1. The lowest BCUT2D eigenvalue weighted by molar-refractivity contribution is -0.385. The molecule has 0 amide bonds. The lowest BCUT2D eigenvalue weighted by Gasteiger charge is -2.00. The number of esters is 1. The van der Waals surface area contributed by atoms with Crippen LogP contribution < -0.4 is 0 Å². The number of carbonyl (C=O) groups excluding carboxylic acids is 1. The highest BCUT2D eigenvalue weighted by Crippen LogP contribution is 2.25. The largest absolute Gasteiger partial charge is 0.402 e. The molecule has 0 atom stereocenters. The molecule has 0 saturated carbocycles. The number of carbonyl (C=O) groups is 1. The van der Waals surface area contributed by atoms with Crippen LogP contribution in [0.4, 0.5) is 5.69 Å². The Bertz CT molecular complexity index is 868. The predicted octanol–water partition coefficient (Wildman–Crippen LogP) is 3.25. The first-order valence-corrected chi connectivity index (χ1v) is 6.87. The predicted molar refractivity (Wildman–Crippen MR) is 84.9 cm³/mol. The molecular weight excluding hydrogens is 296 g/mol. The summed E-state index contributed by atoms with van der Waals surface area (Å²) in [5.41, 5.74) is 2.00. The number of aryl methyl sites for hydroxylation is 1. The van der Waals surface area contributed by atoms with Crippen molar-refractivity contribution in [3.63, 3.8) is 0 Å². The summed E-state index contributed by atoms with van der Waals surface area (Å²) in [6.07, 6.45) is 1.59. The van der Waals surface area contributed by atoms with E-state index in [9.17, 15) is 14.9 Å². The molecule has 6 heteroatoms. The zero-order valence-corrected chi connectivity index (χ0v) is 12.2. The molecule has 0 bridgehead atoms. The van der Waals surface area contributed by atoms with Gasteiger partial charge in [0.25, 0.3) is 5.69 Å². The van der Waals surface area contributed by atoms with Crippen LogP contribution in [-0.2, 0) is 9.53 Å². The maximum absolute atomic E-state index is 12.0. The van der Waals surface area contributed by atoms with Crippen molar-refractivity contribution in [1.82, 2.24) is 0 Å². The minimum Gasteiger partial charge on any atom is -0.402 e. The summed E-state index contributed by atoms with van der Waals surface area (Å²) in [7, 11) is 0. The number of para-hydroxylation sites is 1. The standard InChI is InChI=1S/C17H12N2O4/c1-11-5-4-6-12(9-11)10-14-17(20)23-16(18-14)13-7-2-3-8-15(13)19(21)22/h2-10H,1H3/b14-10-. The van der Waals surface area contributed by atoms with E-state index in [1.165, 1.54) is 12.1 Å². The SMILES string of the molecule is Cc1cccc(/C=C2\N=C(c3ccccc3[N+](=O)[O-])OC2=O)c1. The van der Waals surface area contributed by atoms with Crippen LogP contribution in [0.2, 0.25) is 0 Å². The number of hydrogen-bond acceptors (Lipinski definition) is 5. The molecule has 23 heavy (non-hydrogen) atoms. The van der Waals surface area contributed by atoms with Crippen molar-refractivity contribution < 1.29 is 14.5 Å². The number of ether oxygens (including phenoxy) is 1. The van der Waals surface area contributed by atoms with Crippen molar-refractivity contribution in [2.45, 2.75) is 6.92 Å². The molecule has 1 aliphatic rings. The van der Waals surface area contributed by atoms with E-state index in [1.807, 2.05) is 31.2 Å². The number of cyclic esters (lactones) is 1. The third-order valence-corrected chi connectivity index (χ3v) is 3.30. The van der Waals surface area contributed by atoms with Gasteiger partial charge >= 0.3 is 5.97 Å². The summed E-state index contributed by atoms with van der Waals surface area (Å²) in [5, 5.41) is 11.1. The van der Waals surface area contributed by atoms with E-state index < -0.39 is 10.9 Å². The number of rotatable bonds is 3. The molecule has 0 fully saturated rings. The zero-order valence-electron chi connectivity index (χ0n) is 12.2. The van der Waals surface area contributed by atoms with Crippen molar-refractivity contribution in [1.29, 1.82) is 0 Å². The smallest absolute Gasteiger partial charge is 0.363 e. The monoisotopic (exact) mass is 308 g/mol. The molecule has 6 nitrogen and oxygen atoms in total. The summed E-state index contributed by atoms with van der Waals surface area (Å²) in [6, 6.07) is 13.6. The topological polar surface area (TPSA) is 81.8 Å². The Balaban J connectivity index is 2.01. The van der Waals surface area contributed by atoms with Gasteiger partial charge in [-0.2, -0.15) is 0 Å². The molecule has 1 heterocycles. The maximum Gasteiger partial charge on any atom is 0.363 e. The zero-order chi connectivity index (χ0) is 16.4. The van der Waals surface area contributed by atoms with Crippen molar-refractivity contribution in [3.8, 4) is 0 Å². The van der Waals surface area contributed by atoms with E-state index >= 15 is 0 Å². The Hall–Kier alpha value is -3.28. The maximum atomic E-state index is 12.0. The van der Waals surface area contributed by atoms with Gasteiger partial charge in [0.15, 0.2) is 5.70 Å². The van der Waals surface area contributed by atoms with Gasteiger partial charge in [-0.05, 0) is 24.6 Å². The van der Waals surface area contributed by atoms with Gasteiger partial charge in [0.1, 0.15) is 5.56 Å². The molecule has 0 aliphatic carbocycles. The summed E-state index contributed by atoms with van der Waals surface area (Å²) in [4.78, 5) is 26.6. The van der Waals surface area contributed by atoms with Crippen molar-refractivity contribution in [2.75, 3.05) is 0 Å². The highest BCUT2D eigenvalue weighted by molar-refractivity contribution is 6.14. The lowest BCUT2D eigenvalue weighted by atomic mass is 10.1. The van der Waals surface area contributed by atoms with Crippen LogP contribution in [0.1, 0.15) is 16.7 Å². The number of hydrogen-bond donors (Lipinski definition) is 0. The Morgan fingerprint density at radius 2 is 1.96 bits per heavy atom. The molecule has 1 aliphatic heterocycles. The molecule has 0 saturated heterocycles. The molecule has 0 N–H and O–H groups in total. The second-order valence-electron chi connectivity index (χ2n) is 5.02. The summed E-state index contributed by atoms with van der Waals surface area (Å²) in [5.74, 6) is -0.680. The highest BCUT2D eigenvalue weighted by atomic mass is 16.6. The molecule has 0 radical (unpaired) electrons. The summed E-state index contributed by atoms with van der Waals surface area (Å²) >= 11 is 0. The number of benzene rings is 2. The fourth-order valence-electron chi connectivity index (χ4n) is 2.26. The fraction of sp³-hybridized carbons (Fsp3) is 0.0588. The molecule has 0 unspecified atom stereocenters. The van der Waals surface area contributed by atoms with Crippen LogP contribution in [0.25, 0.3) is 6.08 Å². The normalized spacial score (nSPS) is 15.4. The molecule has 2 aromatic carbocycles. The van der Waals surface area contributed by atoms with Crippen LogP contribution >= 0.6 is 0 Å². The Kier molecular flexibility index (Phi) is 3.72. The minimum absolute atomic E-state index is 0.0544. The molecule has 114 valence electrons. The average molecular weight is 308 g/mol. The first-order chi connectivity index (χ1) is 11.0. The van der Waals surface area contributed by atoms with Gasteiger partial charge in [-0.3, -0.25) is 10.1 Å². The Morgan fingerprint density at radius 3 is 2.70 bits per heavy atom. The summed E-state index contributed by atoms with van der Waals surface area (Å²) in [6.45, 7) is 1.94. The number of aliphatic imine (C=N–C) groups is 1. The van der Waals surface area contributed by atoms with E-state index in [0.717, 1.165) is 11.1 Å². The van der Waals surface area contributed by atoms with E-state index in [-0.39, 0.29) is 22.8 Å². The first kappa shape index (κ1) is 14.6. The third-order valence-electron chi connectivity index (χ3n) is 3.30. The second kappa shape index (κ2) is 5.84. The quantitative estimate of drug-likeness (QED) is 0.377. The fourth-order valence-corrected chi connectivity index (χ4v) is 2.26. The van der Waals surface area contributed by atoms with E-state index in [0.29, 0.717) is 0 Å². The van der Waals surface area contributed by atoms with E-state index in [4.69, 9.17) is 4.74 Å². The van der Waals surface area contributed by atoms with Crippen molar-refractivity contribution >= 4 is 23.6 Å². The molecule has 2 aromatic rings. The van der Waals surface area contributed by atoms with Crippen LogP contribution in [-0.4, -0.2) is 16.8 Å². The lowest BCUT2D eigenvalue weighted by Crippen LogP contribution is -2.07. The summed E-state index contributed by atoms with van der Waals surface area (Å²) < 4.78 is 5.09. The third kappa shape index (κ3) is 3.01. The minimum atomic E-state index is -0.625. The van der Waals surface area contributed by atoms with Gasteiger partial charge in [-0.25, -0.2) is 9.79 Å². The van der Waals surface area contributed by atoms with Crippen LogP contribution in [0.3, 0.4) is 0 Å². The van der Waals surface area contributed by atoms with Gasteiger partial charge in [0, 0.05) is 6.07 Å². The van der Waals surface area contributed by atoms with Crippen LogP contribution in [0.15, 0.2) is 59.2 Å². The molecule has 0 spiro atoms. The molecular formula is C17H12N2O4.